The van der Waals surface area contributed by atoms with Crippen molar-refractivity contribution in [2.45, 2.75) is 25.7 Å². The van der Waals surface area contributed by atoms with Crippen molar-refractivity contribution >= 4 is 17.4 Å². The normalized spacial score (nSPS) is 15.4. The van der Waals surface area contributed by atoms with Crippen LogP contribution in [0.15, 0.2) is 59.4 Å². The maximum Gasteiger partial charge on any atom is 0.261 e. The molecule has 2 N–H and O–H groups in total. The summed E-state index contributed by atoms with van der Waals surface area (Å²) in [6.45, 7) is 1.95. The van der Waals surface area contributed by atoms with E-state index in [1.54, 1.807) is 19.2 Å². The van der Waals surface area contributed by atoms with Gasteiger partial charge in [0.05, 0.1) is 7.11 Å². The van der Waals surface area contributed by atoms with Crippen molar-refractivity contribution < 1.29 is 14.3 Å². The number of methoxy groups -OCH3 is 1. The smallest absolute Gasteiger partial charge is 0.261 e. The predicted octanol–water partition coefficient (Wildman–Crippen LogP) is 3.86. The van der Waals surface area contributed by atoms with Gasteiger partial charge in [-0.1, -0.05) is 29.8 Å². The molecule has 4 rings (SSSR count). The number of aromatic nitrogens is 1. The van der Waals surface area contributed by atoms with Crippen LogP contribution in [0.2, 0.25) is 0 Å². The van der Waals surface area contributed by atoms with Gasteiger partial charge in [0.2, 0.25) is 0 Å². The number of ketones is 1. The molecule has 6 heteroatoms. The van der Waals surface area contributed by atoms with E-state index in [0.29, 0.717) is 29.8 Å². The lowest BCUT2D eigenvalue weighted by molar-refractivity contribution is 0.0963. The average Bonchev–Trinajstić information content (AvgIpc) is 2.74. The summed E-state index contributed by atoms with van der Waals surface area (Å²) in [5, 5.41) is 2.71. The topological polar surface area (TPSA) is 88.3 Å². The fourth-order valence-electron chi connectivity index (χ4n) is 3.75. The minimum atomic E-state index is -0.534. The zero-order valence-corrected chi connectivity index (χ0v) is 16.8. The SMILES string of the molecule is COc1ccc([C@@H]2CC(=O)c3cc(C(=O)Nc4ccc(C)cc4)c(=O)[nH]c3C2)cc1. The zero-order valence-electron chi connectivity index (χ0n) is 16.8. The van der Waals surface area contributed by atoms with Gasteiger partial charge in [0.25, 0.3) is 11.5 Å². The molecular formula is C24H22N2O4. The van der Waals surface area contributed by atoms with Crippen LogP contribution in [0.3, 0.4) is 0 Å². The molecule has 1 heterocycles. The Morgan fingerprint density at radius 1 is 1.03 bits per heavy atom. The average molecular weight is 402 g/mol. The van der Waals surface area contributed by atoms with Crippen LogP contribution >= 0.6 is 0 Å². The number of rotatable bonds is 4. The van der Waals surface area contributed by atoms with Crippen molar-refractivity contribution in [3.63, 3.8) is 0 Å². The molecule has 0 unspecified atom stereocenters. The first kappa shape index (κ1) is 19.6. The van der Waals surface area contributed by atoms with Gasteiger partial charge in [-0.3, -0.25) is 14.4 Å². The minimum absolute atomic E-state index is 0.0289. The maximum atomic E-state index is 12.8. The van der Waals surface area contributed by atoms with Gasteiger partial charge in [-0.2, -0.15) is 0 Å². The summed E-state index contributed by atoms with van der Waals surface area (Å²) in [7, 11) is 1.60. The number of ether oxygens (including phenoxy) is 1. The molecule has 1 aliphatic carbocycles. The Balaban J connectivity index is 1.59. The van der Waals surface area contributed by atoms with Crippen LogP contribution < -0.4 is 15.6 Å². The number of hydrogen-bond donors (Lipinski definition) is 2. The van der Waals surface area contributed by atoms with Crippen molar-refractivity contribution in [3.05, 3.63) is 92.9 Å². The molecule has 0 fully saturated rings. The largest absolute Gasteiger partial charge is 0.497 e. The zero-order chi connectivity index (χ0) is 21.3. The Morgan fingerprint density at radius 2 is 1.73 bits per heavy atom. The Bertz CT molecular complexity index is 1160. The number of aryl methyl sites for hydroxylation is 1. The van der Waals surface area contributed by atoms with Gasteiger partial charge in [0.1, 0.15) is 11.3 Å². The molecule has 0 aliphatic heterocycles. The van der Waals surface area contributed by atoms with E-state index in [4.69, 9.17) is 4.74 Å². The maximum absolute atomic E-state index is 12.8. The summed E-state index contributed by atoms with van der Waals surface area (Å²) in [5.41, 5.74) is 3.09. The molecule has 1 aliphatic rings. The quantitative estimate of drug-likeness (QED) is 0.694. The lowest BCUT2D eigenvalue weighted by Crippen LogP contribution is -2.29. The molecule has 1 amide bonds. The van der Waals surface area contributed by atoms with Crippen LogP contribution in [0.4, 0.5) is 5.69 Å². The van der Waals surface area contributed by atoms with Gasteiger partial charge in [0, 0.05) is 23.4 Å². The fraction of sp³-hybridized carbons (Fsp3) is 0.208. The van der Waals surface area contributed by atoms with Gasteiger partial charge < -0.3 is 15.0 Å². The van der Waals surface area contributed by atoms with Gasteiger partial charge >= 0.3 is 0 Å². The van der Waals surface area contributed by atoms with Crippen molar-refractivity contribution in [2.24, 2.45) is 0 Å². The number of H-pyrrole nitrogens is 1. The molecule has 3 aromatic rings. The number of aromatic amines is 1. The molecule has 0 saturated carbocycles. The van der Waals surface area contributed by atoms with Crippen LogP contribution in [-0.2, 0) is 6.42 Å². The van der Waals surface area contributed by atoms with Crippen LogP contribution in [-0.4, -0.2) is 23.8 Å². The minimum Gasteiger partial charge on any atom is -0.497 e. The highest BCUT2D eigenvalue weighted by Gasteiger charge is 2.29. The van der Waals surface area contributed by atoms with Gasteiger partial charge in [0.15, 0.2) is 5.78 Å². The molecule has 2 aromatic carbocycles. The van der Waals surface area contributed by atoms with Gasteiger partial charge in [-0.05, 0) is 55.2 Å². The first-order valence-corrected chi connectivity index (χ1v) is 9.76. The number of amides is 1. The monoisotopic (exact) mass is 402 g/mol. The highest BCUT2D eigenvalue weighted by atomic mass is 16.5. The van der Waals surface area contributed by atoms with E-state index < -0.39 is 11.5 Å². The molecule has 0 radical (unpaired) electrons. The summed E-state index contributed by atoms with van der Waals surface area (Å²) in [4.78, 5) is 40.7. The van der Waals surface area contributed by atoms with Crippen LogP contribution in [0.5, 0.6) is 5.75 Å². The summed E-state index contributed by atoms with van der Waals surface area (Å²) in [5.74, 6) is 0.100. The van der Waals surface area contributed by atoms with Crippen molar-refractivity contribution in [1.29, 1.82) is 0 Å². The molecule has 1 atom stereocenters. The third-order valence-corrected chi connectivity index (χ3v) is 5.45. The molecule has 0 saturated heterocycles. The Labute approximate surface area is 173 Å². The van der Waals surface area contributed by atoms with Crippen molar-refractivity contribution in [2.75, 3.05) is 12.4 Å². The van der Waals surface area contributed by atoms with Gasteiger partial charge in [-0.15, -0.1) is 0 Å². The number of carbonyl (C=O) groups excluding carboxylic acids is 2. The van der Waals surface area contributed by atoms with E-state index in [2.05, 4.69) is 10.3 Å². The molecular weight excluding hydrogens is 380 g/mol. The molecule has 6 nitrogen and oxygen atoms in total. The molecule has 152 valence electrons. The summed E-state index contributed by atoms with van der Waals surface area (Å²) in [6, 6.07) is 16.3. The number of nitrogens with one attached hydrogen (secondary N) is 2. The third kappa shape index (κ3) is 3.89. The number of benzene rings is 2. The lowest BCUT2D eigenvalue weighted by atomic mass is 9.81. The highest BCUT2D eigenvalue weighted by molar-refractivity contribution is 6.06. The second-order valence-corrected chi connectivity index (χ2v) is 7.53. The van der Waals surface area contributed by atoms with E-state index in [9.17, 15) is 14.4 Å². The number of carbonyl (C=O) groups is 2. The molecule has 0 spiro atoms. The van der Waals surface area contributed by atoms with E-state index in [0.717, 1.165) is 16.9 Å². The second-order valence-electron chi connectivity index (χ2n) is 7.53. The van der Waals surface area contributed by atoms with Crippen LogP contribution in [0, 0.1) is 6.92 Å². The van der Waals surface area contributed by atoms with E-state index >= 15 is 0 Å². The van der Waals surface area contributed by atoms with Crippen molar-refractivity contribution in [1.82, 2.24) is 4.98 Å². The molecule has 30 heavy (non-hydrogen) atoms. The summed E-state index contributed by atoms with van der Waals surface area (Å²) < 4.78 is 5.18. The van der Waals surface area contributed by atoms with Gasteiger partial charge in [-0.25, -0.2) is 0 Å². The van der Waals surface area contributed by atoms with E-state index in [1.807, 2.05) is 43.3 Å². The highest BCUT2D eigenvalue weighted by Crippen LogP contribution is 2.32. The van der Waals surface area contributed by atoms with Crippen LogP contribution in [0.1, 0.15) is 49.9 Å². The summed E-state index contributed by atoms with van der Waals surface area (Å²) >= 11 is 0. The third-order valence-electron chi connectivity index (χ3n) is 5.45. The first-order chi connectivity index (χ1) is 14.4. The van der Waals surface area contributed by atoms with E-state index in [1.165, 1.54) is 6.07 Å². The number of anilines is 1. The molecule has 1 aromatic heterocycles. The second kappa shape index (κ2) is 7.99. The summed E-state index contributed by atoms with van der Waals surface area (Å²) in [6.07, 6.45) is 0.854. The molecule has 0 bridgehead atoms. The number of hydrogen-bond acceptors (Lipinski definition) is 4. The van der Waals surface area contributed by atoms with Crippen LogP contribution in [0.25, 0.3) is 0 Å². The lowest BCUT2D eigenvalue weighted by Gasteiger charge is -2.24. The Kier molecular flexibility index (Phi) is 5.23. The van der Waals surface area contributed by atoms with Crippen molar-refractivity contribution in [3.8, 4) is 5.75 Å². The number of fused-ring (bicyclic) bond motifs is 1. The Hall–Kier alpha value is -3.67. The number of Topliss-reactive ketones (excluding diaryl/α,β-unsaturated/α-hetero) is 1. The standard InChI is InChI=1S/C24H22N2O4/c1-14-3-7-17(8-4-14)25-23(28)20-13-19-21(26-24(20)29)11-16(12-22(19)27)15-5-9-18(30-2)10-6-15/h3-10,13,16H,11-12H2,1-2H3,(H,25,28)(H,26,29)/t16-/m0/s1. The number of pyridine rings is 1. The predicted molar refractivity (Wildman–Crippen MR) is 115 cm³/mol. The first-order valence-electron chi connectivity index (χ1n) is 9.76. The van der Waals surface area contributed by atoms with E-state index in [-0.39, 0.29) is 17.3 Å². The Morgan fingerprint density at radius 3 is 2.40 bits per heavy atom. The fourth-order valence-corrected chi connectivity index (χ4v) is 3.75.